The van der Waals surface area contributed by atoms with Gasteiger partial charge in [-0.3, -0.25) is 14.4 Å². The lowest BCUT2D eigenvalue weighted by atomic mass is 10.0. The third-order valence-electron chi connectivity index (χ3n) is 3.29. The highest BCUT2D eigenvalue weighted by atomic mass is 19.1. The van der Waals surface area contributed by atoms with Crippen LogP contribution in [0.4, 0.5) is 15.8 Å². The number of likely N-dealkylation sites (N-methyl/N-ethyl adjacent to an activating group) is 1. The number of benzene rings is 1. The van der Waals surface area contributed by atoms with Gasteiger partial charge >= 0.3 is 0 Å². The largest absolute Gasteiger partial charge is 0.333 e. The monoisotopic (exact) mass is 305 g/mol. The molecule has 2 rings (SSSR count). The summed E-state index contributed by atoms with van der Waals surface area (Å²) in [5.41, 5.74) is 1.21. The molecular weight excluding hydrogens is 289 g/mol. The van der Waals surface area contributed by atoms with Gasteiger partial charge in [0.25, 0.3) is 0 Å². The summed E-state index contributed by atoms with van der Waals surface area (Å²) in [5.74, 6) is -1.72. The molecule has 0 saturated carbocycles. The van der Waals surface area contributed by atoms with Crippen molar-refractivity contribution < 1.29 is 18.8 Å². The molecular formula is C15H16FN3O3. The molecule has 0 aromatic heterocycles. The predicted octanol–water partition coefficient (Wildman–Crippen LogP) is 1.29. The first-order valence-electron chi connectivity index (χ1n) is 6.70. The molecule has 1 heterocycles. The smallest absolute Gasteiger partial charge is 0.246 e. The van der Waals surface area contributed by atoms with Gasteiger partial charge in [-0.25, -0.2) is 4.39 Å². The fraction of sp³-hybridized carbons (Fsp3) is 0.267. The van der Waals surface area contributed by atoms with Crippen molar-refractivity contribution in [2.24, 2.45) is 0 Å². The fourth-order valence-electron chi connectivity index (χ4n) is 2.14. The lowest BCUT2D eigenvalue weighted by Crippen LogP contribution is -2.34. The standard InChI is InChI=1S/C15H16FN3O3/c1-3-15(22)19(2)8-14(21)18-12-6-9-4-5-13(20)17-11(9)7-10(12)16/h3,6-7H,1,4-5,8H2,2H3,(H,17,20)(H,18,21). The Kier molecular flexibility index (Phi) is 4.55. The number of rotatable bonds is 4. The molecule has 0 saturated heterocycles. The number of hydrogen-bond donors (Lipinski definition) is 2. The first-order chi connectivity index (χ1) is 10.4. The van der Waals surface area contributed by atoms with E-state index in [0.717, 1.165) is 11.6 Å². The summed E-state index contributed by atoms with van der Waals surface area (Å²) >= 11 is 0. The van der Waals surface area contributed by atoms with Crippen molar-refractivity contribution in [1.82, 2.24) is 4.90 Å². The molecule has 1 aromatic rings. The molecule has 1 aliphatic rings. The number of carbonyl (C=O) groups excluding carboxylic acids is 3. The Morgan fingerprint density at radius 2 is 2.18 bits per heavy atom. The molecule has 0 atom stereocenters. The minimum Gasteiger partial charge on any atom is -0.333 e. The number of amides is 3. The summed E-state index contributed by atoms with van der Waals surface area (Å²) in [5, 5.41) is 5.01. The van der Waals surface area contributed by atoms with Crippen molar-refractivity contribution in [2.45, 2.75) is 12.8 Å². The fourth-order valence-corrected chi connectivity index (χ4v) is 2.14. The summed E-state index contributed by atoms with van der Waals surface area (Å²) < 4.78 is 14.0. The van der Waals surface area contributed by atoms with Gasteiger partial charge in [0.2, 0.25) is 17.7 Å². The Labute approximate surface area is 127 Å². The van der Waals surface area contributed by atoms with E-state index >= 15 is 0 Å². The van der Waals surface area contributed by atoms with Crippen LogP contribution in [0.3, 0.4) is 0 Å². The van der Waals surface area contributed by atoms with Crippen LogP contribution in [0.1, 0.15) is 12.0 Å². The van der Waals surface area contributed by atoms with Crippen LogP contribution in [-0.4, -0.2) is 36.2 Å². The van der Waals surface area contributed by atoms with E-state index in [1.54, 1.807) is 0 Å². The van der Waals surface area contributed by atoms with Crippen LogP contribution in [0, 0.1) is 5.82 Å². The summed E-state index contributed by atoms with van der Waals surface area (Å²) in [4.78, 5) is 35.6. The van der Waals surface area contributed by atoms with Crippen LogP contribution >= 0.6 is 0 Å². The van der Waals surface area contributed by atoms with E-state index in [9.17, 15) is 18.8 Å². The number of aryl methyl sites for hydroxylation is 1. The Morgan fingerprint density at radius 1 is 1.45 bits per heavy atom. The first kappa shape index (κ1) is 15.7. The maximum Gasteiger partial charge on any atom is 0.246 e. The summed E-state index contributed by atoms with van der Waals surface area (Å²) in [6.07, 6.45) is 1.90. The second-order valence-corrected chi connectivity index (χ2v) is 4.98. The molecule has 0 radical (unpaired) electrons. The van der Waals surface area contributed by atoms with Crippen LogP contribution in [0.5, 0.6) is 0 Å². The lowest BCUT2D eigenvalue weighted by Gasteiger charge is -2.19. The maximum atomic E-state index is 14.0. The van der Waals surface area contributed by atoms with E-state index in [0.29, 0.717) is 18.5 Å². The van der Waals surface area contributed by atoms with Crippen LogP contribution in [-0.2, 0) is 20.8 Å². The SMILES string of the molecule is C=CC(=O)N(C)CC(=O)Nc1cc2c(cc1F)NC(=O)CC2. The number of nitrogens with one attached hydrogen (secondary N) is 2. The van der Waals surface area contributed by atoms with Crippen LogP contribution in [0.2, 0.25) is 0 Å². The molecule has 6 nitrogen and oxygen atoms in total. The number of nitrogens with zero attached hydrogens (tertiary/aromatic N) is 1. The Morgan fingerprint density at radius 3 is 2.86 bits per heavy atom. The minimum absolute atomic E-state index is 0.0272. The zero-order valence-corrected chi connectivity index (χ0v) is 12.1. The normalized spacial score (nSPS) is 12.9. The van der Waals surface area contributed by atoms with Gasteiger partial charge in [-0.05, 0) is 30.2 Å². The molecule has 1 aliphatic heterocycles. The van der Waals surface area contributed by atoms with Gasteiger partial charge < -0.3 is 15.5 Å². The Bertz CT molecular complexity index is 658. The third-order valence-corrected chi connectivity index (χ3v) is 3.29. The van der Waals surface area contributed by atoms with Crippen molar-refractivity contribution in [3.05, 3.63) is 36.2 Å². The first-order valence-corrected chi connectivity index (χ1v) is 6.70. The van der Waals surface area contributed by atoms with Crippen molar-refractivity contribution in [1.29, 1.82) is 0 Å². The van der Waals surface area contributed by atoms with Gasteiger partial charge in [-0.2, -0.15) is 0 Å². The average molecular weight is 305 g/mol. The van der Waals surface area contributed by atoms with Crippen molar-refractivity contribution in [3.8, 4) is 0 Å². The Balaban J connectivity index is 2.10. The van der Waals surface area contributed by atoms with Crippen LogP contribution < -0.4 is 10.6 Å². The highest BCUT2D eigenvalue weighted by Gasteiger charge is 2.19. The molecule has 0 spiro atoms. The van der Waals surface area contributed by atoms with E-state index in [2.05, 4.69) is 17.2 Å². The van der Waals surface area contributed by atoms with E-state index < -0.39 is 17.6 Å². The minimum atomic E-state index is -0.646. The zero-order chi connectivity index (χ0) is 16.3. The zero-order valence-electron chi connectivity index (χ0n) is 12.1. The van der Waals surface area contributed by atoms with Gasteiger partial charge in [-0.15, -0.1) is 0 Å². The molecule has 0 fully saturated rings. The second-order valence-electron chi connectivity index (χ2n) is 4.98. The second kappa shape index (κ2) is 6.38. The summed E-state index contributed by atoms with van der Waals surface area (Å²) in [7, 11) is 1.45. The van der Waals surface area contributed by atoms with Gasteiger partial charge in [0.15, 0.2) is 0 Å². The van der Waals surface area contributed by atoms with Crippen LogP contribution in [0.25, 0.3) is 0 Å². The molecule has 22 heavy (non-hydrogen) atoms. The topological polar surface area (TPSA) is 78.5 Å². The average Bonchev–Trinajstić information content (AvgIpc) is 2.47. The molecule has 3 amide bonds. The molecule has 1 aromatic carbocycles. The van der Waals surface area contributed by atoms with Crippen molar-refractivity contribution in [3.63, 3.8) is 0 Å². The molecule has 0 unspecified atom stereocenters. The highest BCUT2D eigenvalue weighted by Crippen LogP contribution is 2.28. The summed E-state index contributed by atoms with van der Waals surface area (Å²) in [6, 6.07) is 2.68. The molecule has 0 bridgehead atoms. The van der Waals surface area contributed by atoms with Crippen molar-refractivity contribution in [2.75, 3.05) is 24.2 Å². The van der Waals surface area contributed by atoms with E-state index in [4.69, 9.17) is 0 Å². The highest BCUT2D eigenvalue weighted by molar-refractivity contribution is 5.98. The molecule has 0 aliphatic carbocycles. The maximum absolute atomic E-state index is 14.0. The van der Waals surface area contributed by atoms with E-state index in [-0.39, 0.29) is 18.1 Å². The Hall–Kier alpha value is -2.70. The van der Waals surface area contributed by atoms with E-state index in [1.807, 2.05) is 0 Å². The summed E-state index contributed by atoms with van der Waals surface area (Å²) in [6.45, 7) is 3.11. The number of anilines is 2. The molecule has 7 heteroatoms. The van der Waals surface area contributed by atoms with Gasteiger partial charge in [0.1, 0.15) is 5.82 Å². The van der Waals surface area contributed by atoms with Gasteiger partial charge in [0, 0.05) is 19.2 Å². The van der Waals surface area contributed by atoms with E-state index in [1.165, 1.54) is 24.1 Å². The number of hydrogen-bond acceptors (Lipinski definition) is 3. The lowest BCUT2D eigenvalue weighted by molar-refractivity contribution is -0.129. The molecule has 2 N–H and O–H groups in total. The number of halogens is 1. The predicted molar refractivity (Wildman–Crippen MR) is 79.8 cm³/mol. The van der Waals surface area contributed by atoms with Gasteiger partial charge in [-0.1, -0.05) is 6.58 Å². The number of fused-ring (bicyclic) bond motifs is 1. The third kappa shape index (κ3) is 3.49. The number of carbonyl (C=O) groups is 3. The quantitative estimate of drug-likeness (QED) is 0.823. The van der Waals surface area contributed by atoms with Gasteiger partial charge in [0.05, 0.1) is 12.2 Å². The van der Waals surface area contributed by atoms with Crippen LogP contribution in [0.15, 0.2) is 24.8 Å². The van der Waals surface area contributed by atoms with Crippen molar-refractivity contribution >= 4 is 29.1 Å². The molecule has 116 valence electrons.